The van der Waals surface area contributed by atoms with Crippen LogP contribution in [0.5, 0.6) is 0 Å². The first-order chi connectivity index (χ1) is 9.70. The molecule has 1 fully saturated rings. The molecule has 1 aromatic heterocycles. The lowest BCUT2D eigenvalue weighted by Crippen LogP contribution is -2.41. The number of aliphatic hydroxyl groups excluding tert-OH is 1. The molecule has 0 saturated heterocycles. The third-order valence-corrected chi connectivity index (χ3v) is 5.34. The lowest BCUT2D eigenvalue weighted by molar-refractivity contribution is -0.131. The van der Waals surface area contributed by atoms with Crippen LogP contribution in [0.4, 0.5) is 0 Å². The topological polar surface area (TPSA) is 53.4 Å². The molecule has 0 aromatic carbocycles. The number of thioether (sulfide) groups is 1. The Morgan fingerprint density at radius 1 is 1.55 bits per heavy atom. The maximum atomic E-state index is 12.3. The molecule has 1 saturated carbocycles. The van der Waals surface area contributed by atoms with Gasteiger partial charge in [0.05, 0.1) is 23.1 Å². The third kappa shape index (κ3) is 4.46. The van der Waals surface area contributed by atoms with E-state index in [9.17, 15) is 4.79 Å². The largest absolute Gasteiger partial charge is 0.395 e. The number of nitrogens with zero attached hydrogens (tertiary/aromatic N) is 2. The van der Waals surface area contributed by atoms with Gasteiger partial charge in [-0.2, -0.15) is 0 Å². The lowest BCUT2D eigenvalue weighted by Gasteiger charge is -2.28. The summed E-state index contributed by atoms with van der Waals surface area (Å²) in [5.41, 5.74) is 1.06. The minimum Gasteiger partial charge on any atom is -0.395 e. The second-order valence-corrected chi connectivity index (χ2v) is 7.15. The number of aromatic nitrogens is 1. The molecule has 20 heavy (non-hydrogen) atoms. The normalized spacial score (nSPS) is 15.7. The summed E-state index contributed by atoms with van der Waals surface area (Å²) in [4.78, 5) is 18.6. The predicted molar refractivity (Wildman–Crippen MR) is 84.1 cm³/mol. The highest BCUT2D eigenvalue weighted by molar-refractivity contribution is 7.99. The van der Waals surface area contributed by atoms with Crippen LogP contribution in [-0.2, 0) is 10.5 Å². The number of amides is 1. The van der Waals surface area contributed by atoms with Crippen molar-refractivity contribution in [1.29, 1.82) is 0 Å². The summed E-state index contributed by atoms with van der Waals surface area (Å²) in [6.45, 7) is 2.52. The molecule has 1 amide bonds. The Balaban J connectivity index is 1.78. The Bertz CT molecular complexity index is 431. The zero-order chi connectivity index (χ0) is 14.4. The quantitative estimate of drug-likeness (QED) is 0.840. The van der Waals surface area contributed by atoms with Crippen molar-refractivity contribution in [3.8, 4) is 0 Å². The van der Waals surface area contributed by atoms with Gasteiger partial charge in [-0.15, -0.1) is 23.1 Å². The highest BCUT2D eigenvalue weighted by Gasteiger charge is 2.25. The molecule has 0 bridgehead atoms. The van der Waals surface area contributed by atoms with Crippen LogP contribution in [0, 0.1) is 6.92 Å². The van der Waals surface area contributed by atoms with Gasteiger partial charge in [-0.1, -0.05) is 12.8 Å². The first kappa shape index (κ1) is 15.8. The Labute approximate surface area is 128 Å². The SMILES string of the molecule is Cc1nc(CSCC(=O)N(CCO)C2CCCC2)cs1. The fraction of sp³-hybridized carbons (Fsp3) is 0.714. The van der Waals surface area contributed by atoms with Crippen molar-refractivity contribution in [2.24, 2.45) is 0 Å². The maximum absolute atomic E-state index is 12.3. The molecule has 0 unspecified atom stereocenters. The summed E-state index contributed by atoms with van der Waals surface area (Å²) in [5.74, 6) is 1.42. The molecule has 1 aliphatic rings. The second-order valence-electron chi connectivity index (χ2n) is 5.10. The van der Waals surface area contributed by atoms with Crippen molar-refractivity contribution in [2.45, 2.75) is 44.4 Å². The number of aryl methyl sites for hydroxylation is 1. The molecule has 1 N–H and O–H groups in total. The first-order valence-electron chi connectivity index (χ1n) is 7.10. The highest BCUT2D eigenvalue weighted by Crippen LogP contribution is 2.24. The van der Waals surface area contributed by atoms with E-state index in [-0.39, 0.29) is 12.5 Å². The van der Waals surface area contributed by atoms with Crippen LogP contribution in [0.3, 0.4) is 0 Å². The number of thiazole rings is 1. The molecule has 0 atom stereocenters. The van der Waals surface area contributed by atoms with Gasteiger partial charge < -0.3 is 10.0 Å². The van der Waals surface area contributed by atoms with Crippen molar-refractivity contribution in [2.75, 3.05) is 18.9 Å². The number of hydrogen-bond acceptors (Lipinski definition) is 5. The van der Waals surface area contributed by atoms with E-state index in [1.807, 2.05) is 11.8 Å². The summed E-state index contributed by atoms with van der Waals surface area (Å²) in [7, 11) is 0. The molecule has 4 nitrogen and oxygen atoms in total. The van der Waals surface area contributed by atoms with Gasteiger partial charge in [-0.25, -0.2) is 4.98 Å². The summed E-state index contributed by atoms with van der Waals surface area (Å²) in [6, 6.07) is 0.344. The van der Waals surface area contributed by atoms with Gasteiger partial charge in [0.15, 0.2) is 0 Å². The van der Waals surface area contributed by atoms with Crippen molar-refractivity contribution in [3.63, 3.8) is 0 Å². The number of aliphatic hydroxyl groups is 1. The van der Waals surface area contributed by atoms with Crippen LogP contribution in [0.15, 0.2) is 5.38 Å². The Hall–Kier alpha value is -0.590. The molecule has 2 rings (SSSR count). The van der Waals surface area contributed by atoms with Crippen molar-refractivity contribution in [1.82, 2.24) is 9.88 Å². The van der Waals surface area contributed by atoms with Gasteiger partial charge in [0.2, 0.25) is 5.91 Å². The third-order valence-electron chi connectivity index (χ3n) is 3.57. The summed E-state index contributed by atoms with van der Waals surface area (Å²) in [6.07, 6.45) is 4.57. The predicted octanol–water partition coefficient (Wildman–Crippen LogP) is 2.45. The standard InChI is InChI=1S/C14H22N2O2S2/c1-11-15-12(9-20-11)8-19-10-14(18)16(6-7-17)13-4-2-3-5-13/h9,13,17H,2-8,10H2,1H3. The molecule has 1 aromatic rings. The van der Waals surface area contributed by atoms with E-state index in [4.69, 9.17) is 5.11 Å². The van der Waals surface area contributed by atoms with E-state index < -0.39 is 0 Å². The van der Waals surface area contributed by atoms with Crippen molar-refractivity contribution in [3.05, 3.63) is 16.1 Å². The second kappa shape index (κ2) is 8.00. The summed E-state index contributed by atoms with van der Waals surface area (Å²) >= 11 is 3.26. The average molecular weight is 314 g/mol. The van der Waals surface area contributed by atoms with Crippen LogP contribution in [0.2, 0.25) is 0 Å². The maximum Gasteiger partial charge on any atom is 0.232 e. The monoisotopic (exact) mass is 314 g/mol. The Morgan fingerprint density at radius 3 is 2.90 bits per heavy atom. The number of rotatable bonds is 7. The molecule has 0 radical (unpaired) electrons. The summed E-state index contributed by atoms with van der Waals surface area (Å²) < 4.78 is 0. The molecule has 1 aliphatic carbocycles. The number of carbonyl (C=O) groups excluding carboxylic acids is 1. The molecule has 112 valence electrons. The Kier molecular flexibility index (Phi) is 6.32. The van der Waals surface area contributed by atoms with E-state index in [0.717, 1.165) is 29.3 Å². The summed E-state index contributed by atoms with van der Waals surface area (Å²) in [5, 5.41) is 12.3. The minimum atomic E-state index is 0.0538. The van der Waals surface area contributed by atoms with Gasteiger partial charge in [-0.05, 0) is 19.8 Å². The zero-order valence-corrected chi connectivity index (χ0v) is 13.5. The molecular formula is C14H22N2O2S2. The van der Waals surface area contributed by atoms with Crippen LogP contribution in [0.1, 0.15) is 36.4 Å². The van der Waals surface area contributed by atoms with Crippen LogP contribution in [0.25, 0.3) is 0 Å². The fourth-order valence-corrected chi connectivity index (χ4v) is 4.15. The molecule has 0 aliphatic heterocycles. The van der Waals surface area contributed by atoms with Gasteiger partial charge in [0, 0.05) is 23.7 Å². The van der Waals surface area contributed by atoms with Gasteiger partial charge >= 0.3 is 0 Å². The van der Waals surface area contributed by atoms with Gasteiger partial charge in [0.25, 0.3) is 0 Å². The first-order valence-corrected chi connectivity index (χ1v) is 9.13. The Morgan fingerprint density at radius 2 is 2.30 bits per heavy atom. The minimum absolute atomic E-state index is 0.0538. The van der Waals surface area contributed by atoms with E-state index in [2.05, 4.69) is 10.4 Å². The molecule has 0 spiro atoms. The molecular weight excluding hydrogens is 292 g/mol. The smallest absolute Gasteiger partial charge is 0.232 e. The van der Waals surface area contributed by atoms with E-state index >= 15 is 0 Å². The zero-order valence-electron chi connectivity index (χ0n) is 11.9. The van der Waals surface area contributed by atoms with Crippen LogP contribution < -0.4 is 0 Å². The fourth-order valence-electron chi connectivity index (χ4n) is 2.63. The van der Waals surface area contributed by atoms with Gasteiger partial charge in [0.1, 0.15) is 0 Å². The van der Waals surface area contributed by atoms with Crippen LogP contribution in [-0.4, -0.2) is 45.8 Å². The van der Waals surface area contributed by atoms with E-state index in [1.165, 1.54) is 12.8 Å². The van der Waals surface area contributed by atoms with E-state index in [1.54, 1.807) is 23.1 Å². The molecule has 1 heterocycles. The van der Waals surface area contributed by atoms with Crippen molar-refractivity contribution >= 4 is 29.0 Å². The van der Waals surface area contributed by atoms with Crippen molar-refractivity contribution < 1.29 is 9.90 Å². The van der Waals surface area contributed by atoms with Gasteiger partial charge in [-0.3, -0.25) is 4.79 Å². The molecule has 6 heteroatoms. The highest BCUT2D eigenvalue weighted by atomic mass is 32.2. The lowest BCUT2D eigenvalue weighted by atomic mass is 10.2. The number of carbonyl (C=O) groups is 1. The van der Waals surface area contributed by atoms with Crippen LogP contribution >= 0.6 is 23.1 Å². The average Bonchev–Trinajstić information content (AvgIpc) is 3.07. The van der Waals surface area contributed by atoms with E-state index in [0.29, 0.717) is 18.3 Å². The number of hydrogen-bond donors (Lipinski definition) is 1.